The molecule has 1 saturated heterocycles. The van der Waals surface area contributed by atoms with Crippen molar-refractivity contribution in [3.63, 3.8) is 0 Å². The summed E-state index contributed by atoms with van der Waals surface area (Å²) in [5.41, 5.74) is 0. The number of carbonyl (C=O) groups is 2. The molecule has 116 valence electrons. The SMILES string of the molecule is Cc1cc(NC(=O)CCN2CCCCCC2C(=O)O)no1. The number of carboxylic acid groups (broad SMARTS) is 1. The molecule has 0 spiro atoms. The largest absolute Gasteiger partial charge is 0.480 e. The summed E-state index contributed by atoms with van der Waals surface area (Å²) in [6.45, 7) is 2.92. The van der Waals surface area contributed by atoms with Crippen molar-refractivity contribution < 1.29 is 19.2 Å². The van der Waals surface area contributed by atoms with Gasteiger partial charge in [-0.3, -0.25) is 14.5 Å². The second-order valence-corrected chi connectivity index (χ2v) is 5.36. The van der Waals surface area contributed by atoms with Crippen LogP contribution in [-0.2, 0) is 9.59 Å². The molecule has 0 aliphatic carbocycles. The number of carboxylic acids is 1. The minimum absolute atomic E-state index is 0.184. The predicted octanol–water partition coefficient (Wildman–Crippen LogP) is 1.64. The monoisotopic (exact) mass is 295 g/mol. The number of likely N-dealkylation sites (tertiary alicyclic amines) is 1. The Morgan fingerprint density at radius 1 is 1.48 bits per heavy atom. The lowest BCUT2D eigenvalue weighted by Crippen LogP contribution is -2.42. The number of hydrogen-bond acceptors (Lipinski definition) is 5. The second-order valence-electron chi connectivity index (χ2n) is 5.36. The third kappa shape index (κ3) is 4.56. The Morgan fingerprint density at radius 2 is 2.29 bits per heavy atom. The van der Waals surface area contributed by atoms with E-state index in [9.17, 15) is 14.7 Å². The summed E-state index contributed by atoms with van der Waals surface area (Å²) in [5, 5.41) is 15.6. The molecular weight excluding hydrogens is 274 g/mol. The van der Waals surface area contributed by atoms with Crippen LogP contribution in [0.15, 0.2) is 10.6 Å². The number of anilines is 1. The van der Waals surface area contributed by atoms with Crippen molar-refractivity contribution in [3.05, 3.63) is 11.8 Å². The van der Waals surface area contributed by atoms with Crippen LogP contribution in [-0.4, -0.2) is 46.2 Å². The van der Waals surface area contributed by atoms with E-state index in [1.165, 1.54) is 0 Å². The van der Waals surface area contributed by atoms with Gasteiger partial charge < -0.3 is 14.9 Å². The number of amides is 1. The normalized spacial score (nSPS) is 20.0. The molecule has 2 rings (SSSR count). The zero-order valence-electron chi connectivity index (χ0n) is 12.2. The van der Waals surface area contributed by atoms with Crippen LogP contribution in [0.2, 0.25) is 0 Å². The van der Waals surface area contributed by atoms with Gasteiger partial charge in [0.05, 0.1) is 0 Å². The van der Waals surface area contributed by atoms with Gasteiger partial charge in [-0.2, -0.15) is 0 Å². The molecule has 2 N–H and O–H groups in total. The fourth-order valence-electron chi connectivity index (χ4n) is 2.59. The summed E-state index contributed by atoms with van der Waals surface area (Å²) in [7, 11) is 0. The van der Waals surface area contributed by atoms with Gasteiger partial charge in [0.1, 0.15) is 11.8 Å². The second kappa shape index (κ2) is 7.21. The number of rotatable bonds is 5. The topological polar surface area (TPSA) is 95.7 Å². The summed E-state index contributed by atoms with van der Waals surface area (Å²) in [6.07, 6.45) is 3.85. The third-order valence-corrected chi connectivity index (χ3v) is 3.67. The maximum atomic E-state index is 11.9. The number of nitrogens with zero attached hydrogens (tertiary/aromatic N) is 2. The summed E-state index contributed by atoms with van der Waals surface area (Å²) in [5.74, 6) is 0.0352. The van der Waals surface area contributed by atoms with Crippen LogP contribution in [0.1, 0.15) is 37.9 Å². The molecule has 1 unspecified atom stereocenters. The first-order valence-corrected chi connectivity index (χ1v) is 7.26. The van der Waals surface area contributed by atoms with E-state index in [1.54, 1.807) is 13.0 Å². The highest BCUT2D eigenvalue weighted by molar-refractivity contribution is 5.89. The Kier molecular flexibility index (Phi) is 5.32. The minimum Gasteiger partial charge on any atom is -0.480 e. The summed E-state index contributed by atoms with van der Waals surface area (Å²) in [4.78, 5) is 25.0. The van der Waals surface area contributed by atoms with Crippen molar-refractivity contribution in [2.75, 3.05) is 18.4 Å². The van der Waals surface area contributed by atoms with Crippen LogP contribution in [0, 0.1) is 6.92 Å². The van der Waals surface area contributed by atoms with Gasteiger partial charge in [-0.05, 0) is 26.3 Å². The molecule has 1 aliphatic heterocycles. The molecule has 1 aliphatic rings. The van der Waals surface area contributed by atoms with Gasteiger partial charge in [0.2, 0.25) is 5.91 Å². The van der Waals surface area contributed by atoms with Crippen LogP contribution < -0.4 is 5.32 Å². The Morgan fingerprint density at radius 3 is 2.95 bits per heavy atom. The number of carbonyl (C=O) groups excluding carboxylic acids is 1. The smallest absolute Gasteiger partial charge is 0.320 e. The third-order valence-electron chi connectivity index (χ3n) is 3.67. The molecule has 0 aromatic carbocycles. The van der Waals surface area contributed by atoms with E-state index in [2.05, 4.69) is 10.5 Å². The summed E-state index contributed by atoms with van der Waals surface area (Å²) < 4.78 is 4.87. The Bertz CT molecular complexity index is 500. The van der Waals surface area contributed by atoms with Gasteiger partial charge in [-0.1, -0.05) is 18.0 Å². The highest BCUT2D eigenvalue weighted by Crippen LogP contribution is 2.17. The summed E-state index contributed by atoms with van der Waals surface area (Å²) in [6, 6.07) is 1.17. The van der Waals surface area contributed by atoms with Gasteiger partial charge in [0.15, 0.2) is 5.82 Å². The molecule has 1 aromatic rings. The number of nitrogens with one attached hydrogen (secondary N) is 1. The number of aromatic nitrogens is 1. The fourth-order valence-corrected chi connectivity index (χ4v) is 2.59. The average molecular weight is 295 g/mol. The van der Waals surface area contributed by atoms with Crippen molar-refractivity contribution in [1.29, 1.82) is 0 Å². The standard InChI is InChI=1S/C14H21N3O4/c1-10-9-12(16-21-10)15-13(18)6-8-17-7-4-2-3-5-11(17)14(19)20/h9,11H,2-8H2,1H3,(H,19,20)(H,15,16,18). The highest BCUT2D eigenvalue weighted by atomic mass is 16.5. The van der Waals surface area contributed by atoms with Gasteiger partial charge in [-0.25, -0.2) is 0 Å². The molecule has 1 atom stereocenters. The van der Waals surface area contributed by atoms with Crippen LogP contribution in [0.3, 0.4) is 0 Å². The van der Waals surface area contributed by atoms with Gasteiger partial charge in [0, 0.05) is 19.0 Å². The molecule has 0 saturated carbocycles. The van der Waals surface area contributed by atoms with E-state index in [4.69, 9.17) is 4.52 Å². The van der Waals surface area contributed by atoms with Gasteiger partial charge >= 0.3 is 5.97 Å². The lowest BCUT2D eigenvalue weighted by Gasteiger charge is -2.26. The number of aliphatic carboxylic acids is 1. The molecule has 1 amide bonds. The molecule has 21 heavy (non-hydrogen) atoms. The van der Waals surface area contributed by atoms with Crippen molar-refractivity contribution in [2.24, 2.45) is 0 Å². The van der Waals surface area contributed by atoms with Crippen molar-refractivity contribution >= 4 is 17.7 Å². The molecular formula is C14H21N3O4. The Balaban J connectivity index is 1.84. The fraction of sp³-hybridized carbons (Fsp3) is 0.643. The molecule has 0 radical (unpaired) electrons. The van der Waals surface area contributed by atoms with E-state index in [0.29, 0.717) is 24.5 Å². The van der Waals surface area contributed by atoms with Crippen LogP contribution in [0.25, 0.3) is 0 Å². The lowest BCUT2D eigenvalue weighted by molar-refractivity contribution is -0.143. The van der Waals surface area contributed by atoms with Gasteiger partial charge in [0.25, 0.3) is 0 Å². The average Bonchev–Trinajstić information content (AvgIpc) is 2.71. The van der Waals surface area contributed by atoms with E-state index in [-0.39, 0.29) is 12.3 Å². The first kappa shape index (κ1) is 15.5. The molecule has 0 bridgehead atoms. The Hall–Kier alpha value is -1.89. The maximum absolute atomic E-state index is 11.9. The van der Waals surface area contributed by atoms with Crippen LogP contribution in [0.4, 0.5) is 5.82 Å². The zero-order valence-corrected chi connectivity index (χ0v) is 12.2. The molecule has 7 heteroatoms. The van der Waals surface area contributed by atoms with Crippen molar-refractivity contribution in [2.45, 2.75) is 45.1 Å². The van der Waals surface area contributed by atoms with Crippen molar-refractivity contribution in [1.82, 2.24) is 10.1 Å². The lowest BCUT2D eigenvalue weighted by atomic mass is 10.1. The molecule has 2 heterocycles. The molecule has 1 fully saturated rings. The zero-order chi connectivity index (χ0) is 15.2. The maximum Gasteiger partial charge on any atom is 0.320 e. The predicted molar refractivity (Wildman–Crippen MR) is 76.0 cm³/mol. The quantitative estimate of drug-likeness (QED) is 0.857. The highest BCUT2D eigenvalue weighted by Gasteiger charge is 2.27. The first-order chi connectivity index (χ1) is 10.1. The van der Waals surface area contributed by atoms with Crippen molar-refractivity contribution in [3.8, 4) is 0 Å². The number of hydrogen-bond donors (Lipinski definition) is 2. The summed E-state index contributed by atoms with van der Waals surface area (Å²) >= 11 is 0. The van der Waals surface area contributed by atoms with E-state index >= 15 is 0 Å². The molecule has 7 nitrogen and oxygen atoms in total. The minimum atomic E-state index is -0.801. The molecule has 1 aromatic heterocycles. The van der Waals surface area contributed by atoms with E-state index < -0.39 is 12.0 Å². The number of aryl methyl sites for hydroxylation is 1. The van der Waals surface area contributed by atoms with Gasteiger partial charge in [-0.15, -0.1) is 0 Å². The van der Waals surface area contributed by atoms with E-state index in [1.807, 2.05) is 4.90 Å². The van der Waals surface area contributed by atoms with E-state index in [0.717, 1.165) is 25.8 Å². The first-order valence-electron chi connectivity index (χ1n) is 7.26. The van der Waals surface area contributed by atoms with Crippen LogP contribution in [0.5, 0.6) is 0 Å². The Labute approximate surface area is 123 Å². The van der Waals surface area contributed by atoms with Crippen LogP contribution >= 0.6 is 0 Å².